The van der Waals surface area contributed by atoms with Gasteiger partial charge < -0.3 is 0 Å². The summed E-state index contributed by atoms with van der Waals surface area (Å²) in [6, 6.07) is 1.80. The molecule has 11 heavy (non-hydrogen) atoms. The fourth-order valence-corrected chi connectivity index (χ4v) is 1.06. The van der Waals surface area contributed by atoms with Gasteiger partial charge in [0.15, 0.2) is 0 Å². The lowest BCUT2D eigenvalue weighted by Gasteiger charge is -2.00. The molecular formula is C9H12FN. The molecule has 60 valence electrons. The van der Waals surface area contributed by atoms with Gasteiger partial charge in [0, 0.05) is 5.69 Å². The number of hydrogen-bond donors (Lipinski definition) is 0. The normalized spacial score (nSPS) is 10.1. The molecule has 0 atom stereocenters. The Morgan fingerprint density at radius 1 is 1.55 bits per heavy atom. The van der Waals surface area contributed by atoms with E-state index >= 15 is 0 Å². The number of hydrogen-bond acceptors (Lipinski definition) is 1. The van der Waals surface area contributed by atoms with Crippen LogP contribution < -0.4 is 0 Å². The average Bonchev–Trinajstić information content (AvgIpc) is 1.98. The molecule has 1 nitrogen and oxygen atoms in total. The van der Waals surface area contributed by atoms with E-state index in [2.05, 4.69) is 4.98 Å². The van der Waals surface area contributed by atoms with E-state index in [0.29, 0.717) is 0 Å². The van der Waals surface area contributed by atoms with Gasteiger partial charge in [-0.05, 0) is 25.0 Å². The average molecular weight is 153 g/mol. The summed E-state index contributed by atoms with van der Waals surface area (Å²) in [5.41, 5.74) is 1.66. The molecule has 0 spiro atoms. The summed E-state index contributed by atoms with van der Waals surface area (Å²) in [4.78, 5) is 3.85. The summed E-state index contributed by atoms with van der Waals surface area (Å²) in [5, 5.41) is 0. The van der Waals surface area contributed by atoms with Crippen LogP contribution in [-0.4, -0.2) is 4.98 Å². The van der Waals surface area contributed by atoms with Crippen LogP contribution in [0.2, 0.25) is 0 Å². The fourth-order valence-electron chi connectivity index (χ4n) is 1.06. The molecule has 1 heterocycles. The highest BCUT2D eigenvalue weighted by atomic mass is 19.1. The molecular weight excluding hydrogens is 141 g/mol. The van der Waals surface area contributed by atoms with Crippen LogP contribution in [0.4, 0.5) is 4.39 Å². The largest absolute Gasteiger partial charge is 0.259 e. The van der Waals surface area contributed by atoms with Crippen LogP contribution in [0, 0.1) is 12.7 Å². The Bertz CT molecular complexity index is 245. The van der Waals surface area contributed by atoms with E-state index in [-0.39, 0.29) is 5.82 Å². The van der Waals surface area contributed by atoms with Gasteiger partial charge in [-0.15, -0.1) is 0 Å². The summed E-state index contributed by atoms with van der Waals surface area (Å²) < 4.78 is 12.9. The Kier molecular flexibility index (Phi) is 2.58. The van der Waals surface area contributed by atoms with Gasteiger partial charge in [0.2, 0.25) is 0 Å². The van der Waals surface area contributed by atoms with Crippen molar-refractivity contribution < 1.29 is 4.39 Å². The molecule has 0 amide bonds. The second-order valence-electron chi connectivity index (χ2n) is 2.67. The molecule has 0 saturated carbocycles. The maximum absolute atomic E-state index is 12.9. The summed E-state index contributed by atoms with van der Waals surface area (Å²) in [6.07, 6.45) is 3.07. The Balaban J connectivity index is 2.93. The predicted octanol–water partition coefficient (Wildman–Crippen LogP) is 2.48. The van der Waals surface area contributed by atoms with Crippen LogP contribution in [0.15, 0.2) is 12.3 Å². The molecule has 0 fully saturated rings. The van der Waals surface area contributed by atoms with Crippen LogP contribution in [0.3, 0.4) is 0 Å². The molecule has 0 aliphatic rings. The zero-order valence-corrected chi connectivity index (χ0v) is 6.89. The van der Waals surface area contributed by atoms with Gasteiger partial charge in [-0.1, -0.05) is 13.3 Å². The highest BCUT2D eigenvalue weighted by Gasteiger charge is 2.00. The SMILES string of the molecule is CCCc1cc(C)ncc1F. The maximum atomic E-state index is 12.9. The van der Waals surface area contributed by atoms with E-state index in [1.165, 1.54) is 6.20 Å². The lowest BCUT2D eigenvalue weighted by atomic mass is 10.1. The Labute approximate surface area is 66.3 Å². The third-order valence-corrected chi connectivity index (χ3v) is 1.59. The number of halogens is 1. The van der Waals surface area contributed by atoms with Gasteiger partial charge in [-0.3, -0.25) is 4.98 Å². The standard InChI is InChI=1S/C9H12FN/c1-3-4-8-5-7(2)11-6-9(8)10/h5-6H,3-4H2,1-2H3. The van der Waals surface area contributed by atoms with Crippen molar-refractivity contribution >= 4 is 0 Å². The maximum Gasteiger partial charge on any atom is 0.144 e. The van der Waals surface area contributed by atoms with Crippen LogP contribution in [-0.2, 0) is 6.42 Å². The lowest BCUT2D eigenvalue weighted by Crippen LogP contribution is -1.92. The first kappa shape index (κ1) is 8.18. The van der Waals surface area contributed by atoms with Gasteiger partial charge in [-0.25, -0.2) is 4.39 Å². The van der Waals surface area contributed by atoms with Gasteiger partial charge in [0.1, 0.15) is 5.82 Å². The zero-order valence-electron chi connectivity index (χ0n) is 6.89. The molecule has 0 N–H and O–H groups in total. The molecule has 1 aromatic heterocycles. The van der Waals surface area contributed by atoms with Crippen LogP contribution in [0.5, 0.6) is 0 Å². The van der Waals surface area contributed by atoms with Crippen molar-refractivity contribution in [2.24, 2.45) is 0 Å². The minimum atomic E-state index is -0.183. The van der Waals surface area contributed by atoms with E-state index in [9.17, 15) is 4.39 Å². The number of rotatable bonds is 2. The van der Waals surface area contributed by atoms with Crippen LogP contribution >= 0.6 is 0 Å². The highest BCUT2D eigenvalue weighted by molar-refractivity contribution is 5.17. The van der Waals surface area contributed by atoms with Crippen molar-refractivity contribution in [3.05, 3.63) is 29.3 Å². The summed E-state index contributed by atoms with van der Waals surface area (Å²) in [7, 11) is 0. The monoisotopic (exact) mass is 153 g/mol. The van der Waals surface area contributed by atoms with Crippen molar-refractivity contribution in [1.29, 1.82) is 0 Å². The van der Waals surface area contributed by atoms with Crippen molar-refractivity contribution in [3.63, 3.8) is 0 Å². The first-order valence-corrected chi connectivity index (χ1v) is 3.85. The third kappa shape index (κ3) is 2.00. The van der Waals surface area contributed by atoms with Crippen molar-refractivity contribution in [3.8, 4) is 0 Å². The highest BCUT2D eigenvalue weighted by Crippen LogP contribution is 2.09. The molecule has 1 rings (SSSR count). The molecule has 0 aliphatic heterocycles. The van der Waals surface area contributed by atoms with Gasteiger partial charge in [0.25, 0.3) is 0 Å². The molecule has 0 aromatic carbocycles. The molecule has 0 saturated heterocycles. The Morgan fingerprint density at radius 3 is 2.91 bits per heavy atom. The van der Waals surface area contributed by atoms with E-state index < -0.39 is 0 Å². The number of pyridine rings is 1. The first-order chi connectivity index (χ1) is 5.24. The topological polar surface area (TPSA) is 12.9 Å². The predicted molar refractivity (Wildman–Crippen MR) is 42.9 cm³/mol. The quantitative estimate of drug-likeness (QED) is 0.636. The van der Waals surface area contributed by atoms with E-state index in [0.717, 1.165) is 24.1 Å². The van der Waals surface area contributed by atoms with Crippen molar-refractivity contribution in [2.75, 3.05) is 0 Å². The van der Waals surface area contributed by atoms with E-state index in [1.807, 2.05) is 13.8 Å². The Morgan fingerprint density at radius 2 is 2.27 bits per heavy atom. The summed E-state index contributed by atoms with van der Waals surface area (Å²) >= 11 is 0. The van der Waals surface area contributed by atoms with E-state index in [1.54, 1.807) is 6.07 Å². The number of aryl methyl sites for hydroxylation is 2. The minimum absolute atomic E-state index is 0.183. The zero-order chi connectivity index (χ0) is 8.27. The summed E-state index contributed by atoms with van der Waals surface area (Å²) in [5.74, 6) is -0.183. The Hall–Kier alpha value is -0.920. The van der Waals surface area contributed by atoms with Crippen LogP contribution in [0.25, 0.3) is 0 Å². The van der Waals surface area contributed by atoms with Gasteiger partial charge in [0.05, 0.1) is 6.20 Å². The van der Waals surface area contributed by atoms with Crippen molar-refractivity contribution in [2.45, 2.75) is 26.7 Å². The second-order valence-corrected chi connectivity index (χ2v) is 2.67. The second kappa shape index (κ2) is 3.46. The number of aromatic nitrogens is 1. The lowest BCUT2D eigenvalue weighted by molar-refractivity contribution is 0.599. The smallest absolute Gasteiger partial charge is 0.144 e. The van der Waals surface area contributed by atoms with Crippen LogP contribution in [0.1, 0.15) is 24.6 Å². The van der Waals surface area contributed by atoms with Gasteiger partial charge >= 0.3 is 0 Å². The molecule has 0 radical (unpaired) electrons. The third-order valence-electron chi connectivity index (χ3n) is 1.59. The molecule has 2 heteroatoms. The van der Waals surface area contributed by atoms with E-state index in [4.69, 9.17) is 0 Å². The molecule has 0 unspecified atom stereocenters. The van der Waals surface area contributed by atoms with Crippen molar-refractivity contribution in [1.82, 2.24) is 4.98 Å². The minimum Gasteiger partial charge on any atom is -0.259 e. The fraction of sp³-hybridized carbons (Fsp3) is 0.444. The molecule has 0 bridgehead atoms. The molecule has 0 aliphatic carbocycles. The first-order valence-electron chi connectivity index (χ1n) is 3.85. The molecule has 1 aromatic rings. The van der Waals surface area contributed by atoms with Gasteiger partial charge in [-0.2, -0.15) is 0 Å². The number of nitrogens with zero attached hydrogens (tertiary/aromatic N) is 1. The summed E-state index contributed by atoms with van der Waals surface area (Å²) in [6.45, 7) is 3.91.